The van der Waals surface area contributed by atoms with Crippen LogP contribution in [0.4, 0.5) is 0 Å². The first-order valence-corrected chi connectivity index (χ1v) is 4.68. The fourth-order valence-electron chi connectivity index (χ4n) is 1.65. The predicted molar refractivity (Wildman–Crippen MR) is 47.9 cm³/mol. The van der Waals surface area contributed by atoms with Gasteiger partial charge in [-0.15, -0.1) is 0 Å². The van der Waals surface area contributed by atoms with Crippen LogP contribution in [0.3, 0.4) is 0 Å². The van der Waals surface area contributed by atoms with Crippen molar-refractivity contribution < 1.29 is 9.53 Å². The number of hydrogen-bond acceptors (Lipinski definition) is 3. The molecule has 2 heterocycles. The second-order valence-electron chi connectivity index (χ2n) is 3.22. The van der Waals surface area contributed by atoms with Crippen molar-refractivity contribution in [1.82, 2.24) is 10.0 Å². The Morgan fingerprint density at radius 1 is 1.23 bits per heavy atom. The molecule has 0 radical (unpaired) electrons. The first-order valence-electron chi connectivity index (χ1n) is 4.68. The number of hydrazine groups is 1. The average molecular weight is 182 g/mol. The Kier molecular flexibility index (Phi) is 2.61. The minimum atomic E-state index is 0.105. The highest BCUT2D eigenvalue weighted by molar-refractivity contribution is 5.87. The largest absolute Gasteiger partial charge is 0.379 e. The highest BCUT2D eigenvalue weighted by atomic mass is 16.5. The summed E-state index contributed by atoms with van der Waals surface area (Å²) in [6.07, 6.45) is 4.54. The lowest BCUT2D eigenvalue weighted by Crippen LogP contribution is -2.52. The number of hydrogen-bond donors (Lipinski definition) is 0. The Morgan fingerprint density at radius 2 is 2.00 bits per heavy atom. The quantitative estimate of drug-likeness (QED) is 0.573. The van der Waals surface area contributed by atoms with Crippen LogP contribution >= 0.6 is 0 Å². The van der Waals surface area contributed by atoms with Crippen LogP contribution in [-0.4, -0.2) is 48.8 Å². The monoisotopic (exact) mass is 182 g/mol. The lowest BCUT2D eigenvalue weighted by molar-refractivity contribution is -0.152. The van der Waals surface area contributed by atoms with E-state index in [1.807, 2.05) is 11.1 Å². The molecular formula is C9H14N2O2. The summed E-state index contributed by atoms with van der Waals surface area (Å²) in [5.41, 5.74) is 0. The maximum atomic E-state index is 11.5. The summed E-state index contributed by atoms with van der Waals surface area (Å²) < 4.78 is 5.23. The van der Waals surface area contributed by atoms with Crippen molar-refractivity contribution in [3.63, 3.8) is 0 Å². The number of rotatable bonds is 1. The highest BCUT2D eigenvalue weighted by Crippen LogP contribution is 2.09. The third-order valence-electron chi connectivity index (χ3n) is 2.35. The molecule has 72 valence electrons. The van der Waals surface area contributed by atoms with E-state index in [0.717, 1.165) is 39.3 Å². The van der Waals surface area contributed by atoms with Crippen molar-refractivity contribution in [3.8, 4) is 0 Å². The van der Waals surface area contributed by atoms with E-state index in [4.69, 9.17) is 4.74 Å². The number of carbonyl (C=O) groups is 1. The maximum absolute atomic E-state index is 11.5. The number of amides is 1. The van der Waals surface area contributed by atoms with Gasteiger partial charge in [0.05, 0.1) is 13.2 Å². The maximum Gasteiger partial charge on any atom is 0.260 e. The number of nitrogens with zero attached hydrogens (tertiary/aromatic N) is 2. The normalized spacial score (nSPS) is 25.2. The van der Waals surface area contributed by atoms with Crippen molar-refractivity contribution in [1.29, 1.82) is 0 Å². The molecule has 1 amide bonds. The Balaban J connectivity index is 1.98. The van der Waals surface area contributed by atoms with Crippen molar-refractivity contribution in [2.24, 2.45) is 0 Å². The first-order chi connectivity index (χ1) is 6.38. The minimum Gasteiger partial charge on any atom is -0.379 e. The Bertz CT molecular complexity index is 222. The van der Waals surface area contributed by atoms with E-state index in [1.165, 1.54) is 0 Å². The van der Waals surface area contributed by atoms with Crippen LogP contribution in [0.5, 0.6) is 0 Å². The summed E-state index contributed by atoms with van der Waals surface area (Å²) in [5.74, 6) is 0.105. The molecular weight excluding hydrogens is 168 g/mol. The van der Waals surface area contributed by atoms with Crippen LogP contribution in [0.1, 0.15) is 6.42 Å². The van der Waals surface area contributed by atoms with Gasteiger partial charge < -0.3 is 4.74 Å². The van der Waals surface area contributed by atoms with Crippen molar-refractivity contribution in [3.05, 3.63) is 12.2 Å². The topological polar surface area (TPSA) is 32.8 Å². The molecule has 0 atom stereocenters. The zero-order chi connectivity index (χ0) is 9.10. The van der Waals surface area contributed by atoms with Crippen molar-refractivity contribution in [2.45, 2.75) is 6.42 Å². The molecule has 1 saturated heterocycles. The lowest BCUT2D eigenvalue weighted by atomic mass is 10.3. The number of carbonyl (C=O) groups excluding carboxylic acids is 1. The molecule has 0 aromatic rings. The third-order valence-corrected chi connectivity index (χ3v) is 2.35. The molecule has 0 aliphatic carbocycles. The second-order valence-corrected chi connectivity index (χ2v) is 3.22. The molecule has 0 saturated carbocycles. The summed E-state index contributed by atoms with van der Waals surface area (Å²) >= 11 is 0. The van der Waals surface area contributed by atoms with Gasteiger partial charge in [-0.05, 0) is 6.42 Å². The van der Waals surface area contributed by atoms with Crippen LogP contribution < -0.4 is 0 Å². The van der Waals surface area contributed by atoms with E-state index in [2.05, 4.69) is 5.01 Å². The summed E-state index contributed by atoms with van der Waals surface area (Å²) in [4.78, 5) is 11.5. The predicted octanol–water partition coefficient (Wildman–Crippen LogP) is 0.0221. The fourth-order valence-corrected chi connectivity index (χ4v) is 1.65. The zero-order valence-corrected chi connectivity index (χ0v) is 7.61. The third kappa shape index (κ3) is 1.89. The summed E-state index contributed by atoms with van der Waals surface area (Å²) in [7, 11) is 0. The van der Waals surface area contributed by atoms with Gasteiger partial charge >= 0.3 is 0 Å². The zero-order valence-electron chi connectivity index (χ0n) is 7.61. The Hall–Kier alpha value is -0.870. The molecule has 0 spiro atoms. The standard InChI is InChI=1S/C9H14N2O2/c12-9-3-1-2-4-11(9)10-5-7-13-8-6-10/h1,3H,2,4-8H2. The molecule has 4 nitrogen and oxygen atoms in total. The fraction of sp³-hybridized carbons (Fsp3) is 0.667. The molecule has 13 heavy (non-hydrogen) atoms. The molecule has 1 fully saturated rings. The van der Waals surface area contributed by atoms with Gasteiger partial charge in [0.1, 0.15) is 0 Å². The molecule has 0 bridgehead atoms. The van der Waals surface area contributed by atoms with Gasteiger partial charge in [-0.2, -0.15) is 0 Å². The molecule has 0 N–H and O–H groups in total. The van der Waals surface area contributed by atoms with Gasteiger partial charge in [0.25, 0.3) is 5.91 Å². The van der Waals surface area contributed by atoms with E-state index in [-0.39, 0.29) is 5.91 Å². The summed E-state index contributed by atoms with van der Waals surface area (Å²) in [6, 6.07) is 0. The first kappa shape index (κ1) is 8.72. The average Bonchev–Trinajstić information content (AvgIpc) is 2.20. The van der Waals surface area contributed by atoms with Crippen LogP contribution in [0.15, 0.2) is 12.2 Å². The van der Waals surface area contributed by atoms with Gasteiger partial charge in [0, 0.05) is 25.7 Å². The lowest BCUT2D eigenvalue weighted by Gasteiger charge is -2.37. The molecule has 2 rings (SSSR count). The van der Waals surface area contributed by atoms with Crippen LogP contribution in [-0.2, 0) is 9.53 Å². The van der Waals surface area contributed by atoms with Crippen molar-refractivity contribution in [2.75, 3.05) is 32.8 Å². The van der Waals surface area contributed by atoms with Gasteiger partial charge in [0.15, 0.2) is 0 Å². The number of morpholine rings is 1. The summed E-state index contributed by atoms with van der Waals surface area (Å²) in [6.45, 7) is 3.94. The van der Waals surface area contributed by atoms with E-state index < -0.39 is 0 Å². The van der Waals surface area contributed by atoms with Gasteiger partial charge in [-0.25, -0.2) is 5.01 Å². The van der Waals surface area contributed by atoms with E-state index >= 15 is 0 Å². The minimum absolute atomic E-state index is 0.105. The van der Waals surface area contributed by atoms with Crippen molar-refractivity contribution >= 4 is 5.91 Å². The Morgan fingerprint density at radius 3 is 2.69 bits per heavy atom. The molecule has 0 aromatic carbocycles. The highest BCUT2D eigenvalue weighted by Gasteiger charge is 2.22. The van der Waals surface area contributed by atoms with Gasteiger partial charge in [0.2, 0.25) is 0 Å². The van der Waals surface area contributed by atoms with E-state index in [1.54, 1.807) is 6.08 Å². The molecule has 2 aliphatic heterocycles. The molecule has 0 aromatic heterocycles. The summed E-state index contributed by atoms with van der Waals surface area (Å²) in [5, 5.41) is 3.90. The van der Waals surface area contributed by atoms with Crippen LogP contribution in [0.2, 0.25) is 0 Å². The Labute approximate surface area is 77.7 Å². The van der Waals surface area contributed by atoms with E-state index in [9.17, 15) is 4.79 Å². The molecule has 2 aliphatic rings. The second kappa shape index (κ2) is 3.89. The van der Waals surface area contributed by atoms with E-state index in [0.29, 0.717) is 0 Å². The van der Waals surface area contributed by atoms with Crippen LogP contribution in [0.25, 0.3) is 0 Å². The smallest absolute Gasteiger partial charge is 0.260 e. The van der Waals surface area contributed by atoms with Gasteiger partial charge in [-0.1, -0.05) is 6.08 Å². The molecule has 4 heteroatoms. The number of ether oxygens (including phenoxy) is 1. The molecule has 0 unspecified atom stereocenters. The van der Waals surface area contributed by atoms with Gasteiger partial charge in [-0.3, -0.25) is 9.80 Å². The SMILES string of the molecule is O=C1C=CCCN1N1CCOCC1. The van der Waals surface area contributed by atoms with Crippen LogP contribution in [0, 0.1) is 0 Å².